The van der Waals surface area contributed by atoms with Crippen LogP contribution >= 0.6 is 0 Å². The van der Waals surface area contributed by atoms with Gasteiger partial charge in [-0.1, -0.05) is 18.9 Å². The number of piperazine rings is 1. The highest BCUT2D eigenvalue weighted by Gasteiger charge is 2.35. The van der Waals surface area contributed by atoms with Crippen LogP contribution in [0.15, 0.2) is 41.3 Å². The van der Waals surface area contributed by atoms with Gasteiger partial charge in [-0.3, -0.25) is 4.79 Å². The van der Waals surface area contributed by atoms with Gasteiger partial charge in [-0.25, -0.2) is 19.3 Å². The number of aromatic nitrogens is 5. The van der Waals surface area contributed by atoms with Crippen LogP contribution in [0.4, 0.5) is 17.3 Å². The Balaban J connectivity index is 1.38. The molecule has 2 aliphatic rings. The van der Waals surface area contributed by atoms with Gasteiger partial charge in [-0.05, 0) is 75.0 Å². The van der Waals surface area contributed by atoms with Crippen molar-refractivity contribution < 1.29 is 5.11 Å². The highest BCUT2D eigenvalue weighted by Crippen LogP contribution is 2.37. The average molecular weight is 553 g/mol. The van der Waals surface area contributed by atoms with Crippen LogP contribution in [0, 0.1) is 19.3 Å². The van der Waals surface area contributed by atoms with Crippen molar-refractivity contribution >= 4 is 28.4 Å². The van der Waals surface area contributed by atoms with Gasteiger partial charge in [0.05, 0.1) is 5.69 Å². The quantitative estimate of drug-likeness (QED) is 0.351. The average Bonchev–Trinajstić information content (AvgIpc) is 3.24. The number of rotatable bonds is 6. The van der Waals surface area contributed by atoms with Gasteiger partial charge in [-0.15, -0.1) is 6.42 Å². The minimum Gasteiger partial charge on any atom is -0.384 e. The van der Waals surface area contributed by atoms with E-state index in [1.807, 2.05) is 25.1 Å². The molecule has 1 atom stereocenters. The van der Waals surface area contributed by atoms with E-state index in [2.05, 4.69) is 52.1 Å². The van der Waals surface area contributed by atoms with Gasteiger partial charge >= 0.3 is 0 Å². The van der Waals surface area contributed by atoms with E-state index in [1.165, 1.54) is 22.1 Å². The van der Waals surface area contributed by atoms with Gasteiger partial charge < -0.3 is 20.2 Å². The summed E-state index contributed by atoms with van der Waals surface area (Å²) in [7, 11) is 2.15. The molecule has 212 valence electrons. The lowest BCUT2D eigenvalue weighted by Crippen LogP contribution is -2.44. The summed E-state index contributed by atoms with van der Waals surface area (Å²) in [6.07, 6.45) is 10.2. The maximum atomic E-state index is 13.4. The number of terminal acetylenes is 1. The molecule has 0 bridgehead atoms. The Bertz CT molecular complexity index is 1710. The fourth-order valence-electron chi connectivity index (χ4n) is 6.05. The van der Waals surface area contributed by atoms with E-state index in [1.54, 1.807) is 4.68 Å². The van der Waals surface area contributed by atoms with Crippen LogP contribution in [0.5, 0.6) is 0 Å². The number of hydrogen-bond donors (Lipinski definition) is 2. The van der Waals surface area contributed by atoms with Crippen LogP contribution in [0.3, 0.4) is 0 Å². The fraction of sp³-hybridized carbons (Fsp3) is 0.419. The topological polar surface area (TPSA) is 104 Å². The summed E-state index contributed by atoms with van der Waals surface area (Å²) in [5.74, 6) is 3.42. The monoisotopic (exact) mass is 552 g/mol. The standard InChI is InChI=1S/C31H36N8O2/c1-5-14-38-29(40)24-20-32-30(33-23-10-11-25(21(3)19-23)37-17-15-36(4)16-18-37)35-28(24)39(38)26-12-9-22-8-7-13-31(41,6-2)27(22)34-26/h1,9-12,19-20,41H,6-8,13-18H2,2-4H3,(H,32,33,35). The Hall–Kier alpha value is -4.20. The zero-order chi connectivity index (χ0) is 28.7. The molecule has 0 radical (unpaired) electrons. The molecule has 0 spiro atoms. The molecule has 1 saturated heterocycles. The highest BCUT2D eigenvalue weighted by molar-refractivity contribution is 5.77. The van der Waals surface area contributed by atoms with Crippen molar-refractivity contribution in [2.24, 2.45) is 0 Å². The number of hydrogen-bond acceptors (Lipinski definition) is 8. The van der Waals surface area contributed by atoms with Crippen LogP contribution in [0.1, 0.15) is 43.0 Å². The Labute approximate surface area is 239 Å². The number of anilines is 3. The first-order valence-electron chi connectivity index (χ1n) is 14.3. The summed E-state index contributed by atoms with van der Waals surface area (Å²) in [6, 6.07) is 10.1. The first-order valence-corrected chi connectivity index (χ1v) is 14.3. The van der Waals surface area contributed by atoms with E-state index < -0.39 is 5.60 Å². The van der Waals surface area contributed by atoms with Gasteiger partial charge in [0.15, 0.2) is 11.5 Å². The second kappa shape index (κ2) is 10.7. The van der Waals surface area contributed by atoms with Crippen LogP contribution in [0.25, 0.3) is 16.9 Å². The van der Waals surface area contributed by atoms with Crippen molar-refractivity contribution in [2.45, 2.75) is 51.7 Å². The Morgan fingerprint density at radius 3 is 2.68 bits per heavy atom. The SMILES string of the molecule is C#CCn1c(=O)c2cnc(Nc3ccc(N4CCN(C)CC4)c(C)c3)nc2n1-c1ccc2c(n1)C(O)(CC)CCC2. The molecule has 1 aromatic carbocycles. The summed E-state index contributed by atoms with van der Waals surface area (Å²) in [6.45, 7) is 8.22. The van der Waals surface area contributed by atoms with Crippen LogP contribution in [0.2, 0.25) is 0 Å². The summed E-state index contributed by atoms with van der Waals surface area (Å²) < 4.78 is 3.09. The fourth-order valence-corrected chi connectivity index (χ4v) is 6.05. The molecule has 1 unspecified atom stereocenters. The third-order valence-electron chi connectivity index (χ3n) is 8.46. The highest BCUT2D eigenvalue weighted by atomic mass is 16.3. The predicted octanol–water partition coefficient (Wildman–Crippen LogP) is 3.35. The number of aryl methyl sites for hydroxylation is 2. The Morgan fingerprint density at radius 1 is 1.15 bits per heavy atom. The molecule has 0 saturated carbocycles. The lowest BCUT2D eigenvalue weighted by Gasteiger charge is -2.35. The predicted molar refractivity (Wildman–Crippen MR) is 161 cm³/mol. The van der Waals surface area contributed by atoms with E-state index in [-0.39, 0.29) is 12.1 Å². The summed E-state index contributed by atoms with van der Waals surface area (Å²) in [5.41, 5.74) is 4.05. The molecule has 3 aromatic heterocycles. The van der Waals surface area contributed by atoms with E-state index in [4.69, 9.17) is 16.4 Å². The molecular formula is C31H36N8O2. The Kier molecular flexibility index (Phi) is 7.01. The number of nitrogens with one attached hydrogen (secondary N) is 1. The molecule has 41 heavy (non-hydrogen) atoms. The third-order valence-corrected chi connectivity index (χ3v) is 8.46. The minimum atomic E-state index is -1.00. The lowest BCUT2D eigenvalue weighted by atomic mass is 9.81. The molecule has 4 aromatic rings. The number of benzene rings is 1. The molecular weight excluding hydrogens is 516 g/mol. The molecule has 1 fully saturated rings. The second-order valence-electron chi connectivity index (χ2n) is 11.1. The first kappa shape index (κ1) is 27.0. The molecule has 1 aliphatic carbocycles. The van der Waals surface area contributed by atoms with Gasteiger partial charge in [0.2, 0.25) is 5.95 Å². The lowest BCUT2D eigenvalue weighted by molar-refractivity contribution is 0.0103. The first-order chi connectivity index (χ1) is 19.8. The zero-order valence-corrected chi connectivity index (χ0v) is 23.9. The number of pyridine rings is 1. The van der Waals surface area contributed by atoms with Gasteiger partial charge in [-0.2, -0.15) is 4.98 Å². The van der Waals surface area contributed by atoms with Crippen molar-refractivity contribution in [2.75, 3.05) is 43.4 Å². The summed E-state index contributed by atoms with van der Waals surface area (Å²) in [4.78, 5) is 32.2. The van der Waals surface area contributed by atoms with Crippen molar-refractivity contribution in [3.05, 3.63) is 63.7 Å². The number of fused-ring (bicyclic) bond motifs is 2. The van der Waals surface area contributed by atoms with Gasteiger partial charge in [0.1, 0.15) is 17.5 Å². The van der Waals surface area contributed by atoms with Crippen LogP contribution in [-0.2, 0) is 18.6 Å². The van der Waals surface area contributed by atoms with Crippen molar-refractivity contribution in [3.63, 3.8) is 0 Å². The molecule has 0 amide bonds. The maximum Gasteiger partial charge on any atom is 0.279 e. The number of aliphatic hydroxyl groups is 1. The zero-order valence-electron chi connectivity index (χ0n) is 23.9. The Morgan fingerprint density at radius 2 is 1.95 bits per heavy atom. The van der Waals surface area contributed by atoms with Crippen LogP contribution in [-0.4, -0.2) is 67.5 Å². The maximum absolute atomic E-state index is 13.4. The van der Waals surface area contributed by atoms with Crippen LogP contribution < -0.4 is 15.8 Å². The molecule has 4 heterocycles. The second-order valence-corrected chi connectivity index (χ2v) is 11.1. The van der Waals surface area contributed by atoms with Gasteiger partial charge in [0, 0.05) is 43.8 Å². The molecule has 10 heteroatoms. The molecule has 6 rings (SSSR count). The third kappa shape index (κ3) is 4.85. The van der Waals surface area contributed by atoms with E-state index in [0.717, 1.165) is 50.3 Å². The molecule has 2 N–H and O–H groups in total. The van der Waals surface area contributed by atoms with Crippen molar-refractivity contribution in [3.8, 4) is 18.2 Å². The molecule has 1 aliphatic heterocycles. The smallest absolute Gasteiger partial charge is 0.279 e. The van der Waals surface area contributed by atoms with E-state index in [9.17, 15) is 9.90 Å². The van der Waals surface area contributed by atoms with Crippen molar-refractivity contribution in [1.82, 2.24) is 29.2 Å². The van der Waals surface area contributed by atoms with Gasteiger partial charge in [0.25, 0.3) is 5.56 Å². The normalized spacial score (nSPS) is 19.2. The summed E-state index contributed by atoms with van der Waals surface area (Å²) >= 11 is 0. The number of nitrogens with zero attached hydrogens (tertiary/aromatic N) is 7. The summed E-state index contributed by atoms with van der Waals surface area (Å²) in [5, 5.41) is 15.0. The minimum absolute atomic E-state index is 0.0434. The largest absolute Gasteiger partial charge is 0.384 e. The van der Waals surface area contributed by atoms with E-state index in [0.29, 0.717) is 41.3 Å². The van der Waals surface area contributed by atoms with E-state index >= 15 is 0 Å². The van der Waals surface area contributed by atoms with Crippen molar-refractivity contribution in [1.29, 1.82) is 0 Å². The molecule has 10 nitrogen and oxygen atoms in total. The number of likely N-dealkylation sites (N-methyl/N-ethyl adjacent to an activating group) is 1.